The minimum Gasteiger partial charge on any atom is -0.375 e. The monoisotopic (exact) mass is 410 g/mol. The molecule has 0 aliphatic rings. The molecule has 0 spiro atoms. The fourth-order valence-corrected chi connectivity index (χ4v) is 4.72. The van der Waals surface area contributed by atoms with Crippen LogP contribution in [0.4, 0.5) is 11.4 Å². The molecule has 8 heteroatoms. The molecule has 1 amide bonds. The van der Waals surface area contributed by atoms with Crippen LogP contribution in [0.25, 0.3) is 20.7 Å². The summed E-state index contributed by atoms with van der Waals surface area (Å²) in [5, 5.41) is 10.7. The second kappa shape index (κ2) is 7.57. The van der Waals surface area contributed by atoms with Crippen molar-refractivity contribution in [3.05, 3.63) is 63.3 Å². The summed E-state index contributed by atoms with van der Waals surface area (Å²) in [6.07, 6.45) is 0. The molecule has 0 unspecified atom stereocenters. The molecule has 0 aliphatic heterocycles. The van der Waals surface area contributed by atoms with Crippen LogP contribution in [0.2, 0.25) is 0 Å². The van der Waals surface area contributed by atoms with Crippen LogP contribution in [-0.4, -0.2) is 15.9 Å². The second-order valence-electron chi connectivity index (χ2n) is 6.38. The third-order valence-electron chi connectivity index (χ3n) is 4.25. The molecule has 1 aromatic carbocycles. The summed E-state index contributed by atoms with van der Waals surface area (Å²) in [5.74, 6) is 0.477. The number of fused-ring (bicyclic) bond motifs is 1. The molecule has 4 rings (SSSR count). The smallest absolute Gasteiger partial charge is 0.260 e. The predicted octanol–water partition coefficient (Wildman–Crippen LogP) is 4.84. The Labute approximate surface area is 169 Å². The van der Waals surface area contributed by atoms with Crippen molar-refractivity contribution in [2.45, 2.75) is 19.9 Å². The highest BCUT2D eigenvalue weighted by molar-refractivity contribution is 7.18. The first-order chi connectivity index (χ1) is 13.5. The number of thiophene rings is 2. The Hall–Kier alpha value is -2.97. The van der Waals surface area contributed by atoms with Crippen molar-refractivity contribution in [3.63, 3.8) is 0 Å². The van der Waals surface area contributed by atoms with E-state index in [2.05, 4.69) is 20.6 Å². The number of aromatic amines is 1. The number of aromatic nitrogens is 2. The van der Waals surface area contributed by atoms with Gasteiger partial charge < -0.3 is 15.6 Å². The van der Waals surface area contributed by atoms with Crippen LogP contribution < -0.4 is 16.2 Å². The van der Waals surface area contributed by atoms with E-state index in [-0.39, 0.29) is 17.5 Å². The summed E-state index contributed by atoms with van der Waals surface area (Å²) >= 11 is 3.09. The first kappa shape index (κ1) is 18.4. The molecule has 28 heavy (non-hydrogen) atoms. The first-order valence-electron chi connectivity index (χ1n) is 8.71. The largest absolute Gasteiger partial charge is 0.375 e. The standard InChI is InChI=1S/C20H18N4O2S2/c1-11(21-13-5-7-14(8-6-13)22-12(2)25)18-23-19(26)17-15(10-28-20(17)24-18)16-4-3-9-27-16/h3-11,21H,1-2H3,(H,22,25)(H,23,24,26)/t11-/m1/s1. The van der Waals surface area contributed by atoms with Crippen molar-refractivity contribution in [3.8, 4) is 10.4 Å². The number of hydrogen-bond acceptors (Lipinski definition) is 6. The van der Waals surface area contributed by atoms with Crippen molar-refractivity contribution >= 4 is 50.2 Å². The predicted molar refractivity (Wildman–Crippen MR) is 116 cm³/mol. The summed E-state index contributed by atoms with van der Waals surface area (Å²) in [5.41, 5.74) is 2.41. The highest BCUT2D eigenvalue weighted by Crippen LogP contribution is 2.33. The number of carbonyl (C=O) groups is 1. The van der Waals surface area contributed by atoms with E-state index in [0.717, 1.165) is 26.6 Å². The molecule has 1 atom stereocenters. The minimum absolute atomic E-state index is 0.109. The van der Waals surface area contributed by atoms with Crippen molar-refractivity contribution in [2.24, 2.45) is 0 Å². The van der Waals surface area contributed by atoms with Gasteiger partial charge in [-0.25, -0.2) is 4.98 Å². The zero-order chi connectivity index (χ0) is 19.7. The summed E-state index contributed by atoms with van der Waals surface area (Å²) in [6.45, 7) is 3.42. The Bertz CT molecular complexity index is 1180. The van der Waals surface area contributed by atoms with Gasteiger partial charge in [0.15, 0.2) is 0 Å². The molecule has 3 aromatic heterocycles. The van der Waals surface area contributed by atoms with Gasteiger partial charge >= 0.3 is 0 Å². The van der Waals surface area contributed by atoms with E-state index >= 15 is 0 Å². The highest BCUT2D eigenvalue weighted by Gasteiger charge is 2.16. The molecule has 0 bridgehead atoms. The molecular formula is C20H18N4O2S2. The first-order valence-corrected chi connectivity index (χ1v) is 10.5. The number of anilines is 2. The van der Waals surface area contributed by atoms with Crippen LogP contribution in [0.5, 0.6) is 0 Å². The van der Waals surface area contributed by atoms with E-state index in [4.69, 9.17) is 0 Å². The lowest BCUT2D eigenvalue weighted by Gasteiger charge is -2.15. The van der Waals surface area contributed by atoms with E-state index in [9.17, 15) is 9.59 Å². The molecule has 0 saturated heterocycles. The van der Waals surface area contributed by atoms with E-state index in [1.807, 2.05) is 54.1 Å². The lowest BCUT2D eigenvalue weighted by molar-refractivity contribution is -0.114. The number of nitrogens with zero attached hydrogens (tertiary/aromatic N) is 1. The van der Waals surface area contributed by atoms with Crippen molar-refractivity contribution in [1.82, 2.24) is 9.97 Å². The number of nitrogens with one attached hydrogen (secondary N) is 3. The van der Waals surface area contributed by atoms with E-state index in [0.29, 0.717) is 11.2 Å². The SMILES string of the molecule is CC(=O)Nc1ccc(N[C@H](C)c2nc3scc(-c4cccs4)c3c(=O)[nH]2)cc1. The van der Waals surface area contributed by atoms with E-state index in [1.54, 1.807) is 11.3 Å². The number of amides is 1. The summed E-state index contributed by atoms with van der Waals surface area (Å²) in [6, 6.07) is 11.2. The van der Waals surface area contributed by atoms with Gasteiger partial charge in [0.25, 0.3) is 5.56 Å². The Balaban J connectivity index is 1.59. The summed E-state index contributed by atoms with van der Waals surface area (Å²) in [4.78, 5) is 33.2. The zero-order valence-corrected chi connectivity index (χ0v) is 16.9. The van der Waals surface area contributed by atoms with Crippen LogP contribution in [0.3, 0.4) is 0 Å². The van der Waals surface area contributed by atoms with E-state index in [1.165, 1.54) is 18.3 Å². The maximum Gasteiger partial charge on any atom is 0.260 e. The van der Waals surface area contributed by atoms with Gasteiger partial charge in [-0.1, -0.05) is 6.07 Å². The molecule has 6 nitrogen and oxygen atoms in total. The lowest BCUT2D eigenvalue weighted by Crippen LogP contribution is -2.17. The number of carbonyl (C=O) groups excluding carboxylic acids is 1. The quantitative estimate of drug-likeness (QED) is 0.439. The summed E-state index contributed by atoms with van der Waals surface area (Å²) < 4.78 is 0. The molecular weight excluding hydrogens is 392 g/mol. The Morgan fingerprint density at radius 1 is 1.14 bits per heavy atom. The van der Waals surface area contributed by atoms with Crippen LogP contribution in [0.15, 0.2) is 52.0 Å². The molecule has 3 heterocycles. The number of H-pyrrole nitrogens is 1. The third-order valence-corrected chi connectivity index (χ3v) is 6.02. The average molecular weight is 411 g/mol. The Morgan fingerprint density at radius 2 is 1.89 bits per heavy atom. The summed E-state index contributed by atoms with van der Waals surface area (Å²) in [7, 11) is 0. The van der Waals surface area contributed by atoms with Crippen LogP contribution in [-0.2, 0) is 4.79 Å². The molecule has 0 radical (unpaired) electrons. The second-order valence-corrected chi connectivity index (χ2v) is 8.19. The lowest BCUT2D eigenvalue weighted by atomic mass is 10.2. The van der Waals surface area contributed by atoms with Crippen LogP contribution in [0, 0.1) is 0 Å². The fourth-order valence-electron chi connectivity index (χ4n) is 2.96. The fraction of sp³-hybridized carbons (Fsp3) is 0.150. The molecule has 3 N–H and O–H groups in total. The third kappa shape index (κ3) is 3.69. The van der Waals surface area contributed by atoms with Gasteiger partial charge in [0.2, 0.25) is 5.91 Å². The van der Waals surface area contributed by atoms with Crippen molar-refractivity contribution in [2.75, 3.05) is 10.6 Å². The maximum absolute atomic E-state index is 12.7. The Morgan fingerprint density at radius 3 is 2.57 bits per heavy atom. The van der Waals surface area contributed by atoms with Gasteiger partial charge in [0, 0.05) is 34.1 Å². The molecule has 4 aromatic rings. The van der Waals surface area contributed by atoms with E-state index < -0.39 is 0 Å². The minimum atomic E-state index is -0.184. The van der Waals surface area contributed by atoms with Crippen LogP contribution in [0.1, 0.15) is 25.7 Å². The van der Waals surface area contributed by atoms with Gasteiger partial charge in [-0.15, -0.1) is 22.7 Å². The van der Waals surface area contributed by atoms with Gasteiger partial charge in [0.05, 0.1) is 11.4 Å². The molecule has 0 aliphatic carbocycles. The Kier molecular flexibility index (Phi) is 4.97. The zero-order valence-electron chi connectivity index (χ0n) is 15.3. The molecule has 142 valence electrons. The van der Waals surface area contributed by atoms with Gasteiger partial charge in [-0.3, -0.25) is 9.59 Å². The van der Waals surface area contributed by atoms with Gasteiger partial charge in [-0.05, 0) is 42.6 Å². The number of rotatable bonds is 5. The van der Waals surface area contributed by atoms with Crippen molar-refractivity contribution in [1.29, 1.82) is 0 Å². The molecule has 0 fully saturated rings. The normalized spacial score (nSPS) is 12.1. The maximum atomic E-state index is 12.7. The topological polar surface area (TPSA) is 86.9 Å². The number of benzene rings is 1. The number of hydrogen-bond donors (Lipinski definition) is 3. The van der Waals surface area contributed by atoms with Gasteiger partial charge in [0.1, 0.15) is 10.7 Å². The average Bonchev–Trinajstić information content (AvgIpc) is 3.32. The van der Waals surface area contributed by atoms with Gasteiger partial charge in [-0.2, -0.15) is 0 Å². The molecule has 0 saturated carbocycles. The van der Waals surface area contributed by atoms with Crippen LogP contribution >= 0.6 is 22.7 Å². The highest BCUT2D eigenvalue weighted by atomic mass is 32.1. The van der Waals surface area contributed by atoms with Crippen molar-refractivity contribution < 1.29 is 4.79 Å².